The van der Waals surface area contributed by atoms with Crippen molar-refractivity contribution in [2.75, 3.05) is 11.9 Å². The van der Waals surface area contributed by atoms with E-state index in [4.69, 9.17) is 4.74 Å². The Balaban J connectivity index is 1.83. The molecule has 27 heavy (non-hydrogen) atoms. The number of esters is 1. The zero-order chi connectivity index (χ0) is 19.4. The summed E-state index contributed by atoms with van der Waals surface area (Å²) in [7, 11) is 0. The Labute approximate surface area is 164 Å². The molecule has 1 amide bonds. The minimum absolute atomic E-state index is 0.0970. The number of nitrogens with one attached hydrogen (secondary N) is 1. The van der Waals surface area contributed by atoms with Gasteiger partial charge in [0.15, 0.2) is 0 Å². The van der Waals surface area contributed by atoms with Crippen molar-refractivity contribution >= 4 is 28.2 Å². The van der Waals surface area contributed by atoms with Crippen molar-refractivity contribution in [3.63, 3.8) is 0 Å². The van der Waals surface area contributed by atoms with Gasteiger partial charge in [-0.2, -0.15) is 0 Å². The fraction of sp³-hybridized carbons (Fsp3) is 0.455. The number of carbonyl (C=O) groups excluding carboxylic acids is 2. The van der Waals surface area contributed by atoms with E-state index in [1.165, 1.54) is 22.4 Å². The molecule has 0 aliphatic heterocycles. The Hall–Kier alpha value is -2.14. The first-order valence-electron chi connectivity index (χ1n) is 9.67. The lowest BCUT2D eigenvalue weighted by molar-refractivity contribution is -0.115. The van der Waals surface area contributed by atoms with Gasteiger partial charge >= 0.3 is 5.97 Å². The number of fused-ring (bicyclic) bond motifs is 1. The first-order chi connectivity index (χ1) is 13.0. The van der Waals surface area contributed by atoms with Gasteiger partial charge in [0.25, 0.3) is 0 Å². The first-order valence-corrected chi connectivity index (χ1v) is 10.5. The van der Waals surface area contributed by atoms with Gasteiger partial charge in [0.05, 0.1) is 18.6 Å². The average molecular weight is 386 g/mol. The molecule has 5 heteroatoms. The van der Waals surface area contributed by atoms with Crippen molar-refractivity contribution < 1.29 is 14.3 Å². The number of hydrogen-bond donors (Lipinski definition) is 1. The number of ether oxygens (including phenoxy) is 1. The molecule has 0 saturated carbocycles. The van der Waals surface area contributed by atoms with Gasteiger partial charge in [-0.15, -0.1) is 11.3 Å². The van der Waals surface area contributed by atoms with Gasteiger partial charge in [-0.05, 0) is 68.7 Å². The minimum atomic E-state index is -0.321. The lowest BCUT2D eigenvalue weighted by Crippen LogP contribution is -2.17. The summed E-state index contributed by atoms with van der Waals surface area (Å²) in [5.74, 6) is -0.418. The quantitative estimate of drug-likeness (QED) is 0.583. The summed E-state index contributed by atoms with van der Waals surface area (Å²) in [5, 5.41) is 3.64. The highest BCUT2D eigenvalue weighted by atomic mass is 32.1. The van der Waals surface area contributed by atoms with Crippen LogP contribution >= 0.6 is 11.3 Å². The maximum Gasteiger partial charge on any atom is 0.341 e. The summed E-state index contributed by atoms with van der Waals surface area (Å²) in [6.07, 6.45) is 5.54. The van der Waals surface area contributed by atoms with Gasteiger partial charge in [-0.3, -0.25) is 4.79 Å². The van der Waals surface area contributed by atoms with Crippen LogP contribution in [0.3, 0.4) is 0 Å². The van der Waals surface area contributed by atoms with Crippen LogP contribution in [-0.4, -0.2) is 18.5 Å². The second kappa shape index (κ2) is 8.70. The number of hydrogen-bond acceptors (Lipinski definition) is 4. The summed E-state index contributed by atoms with van der Waals surface area (Å²) >= 11 is 1.54. The van der Waals surface area contributed by atoms with Crippen molar-refractivity contribution in [3.05, 3.63) is 50.9 Å². The van der Waals surface area contributed by atoms with Crippen LogP contribution in [0.15, 0.2) is 18.2 Å². The van der Waals surface area contributed by atoms with E-state index >= 15 is 0 Å². The maximum absolute atomic E-state index is 12.6. The Morgan fingerprint density at radius 3 is 2.63 bits per heavy atom. The van der Waals surface area contributed by atoms with Crippen LogP contribution in [0.5, 0.6) is 0 Å². The number of carbonyl (C=O) groups is 2. The third kappa shape index (κ3) is 4.59. The van der Waals surface area contributed by atoms with Crippen molar-refractivity contribution in [2.24, 2.45) is 0 Å². The molecule has 0 unspecified atom stereocenters. The van der Waals surface area contributed by atoms with Crippen LogP contribution in [0, 0.1) is 13.8 Å². The lowest BCUT2D eigenvalue weighted by atomic mass is 10.0. The van der Waals surface area contributed by atoms with E-state index < -0.39 is 0 Å². The second-order valence-electron chi connectivity index (χ2n) is 7.13. The van der Waals surface area contributed by atoms with Crippen LogP contribution in [-0.2, 0) is 28.8 Å². The van der Waals surface area contributed by atoms with Gasteiger partial charge in [0, 0.05) is 4.88 Å². The Morgan fingerprint density at radius 1 is 1.11 bits per heavy atom. The van der Waals surface area contributed by atoms with Crippen molar-refractivity contribution in [1.82, 2.24) is 0 Å². The second-order valence-corrected chi connectivity index (χ2v) is 8.24. The molecular weight excluding hydrogens is 358 g/mol. The van der Waals surface area contributed by atoms with E-state index in [-0.39, 0.29) is 11.9 Å². The smallest absolute Gasteiger partial charge is 0.341 e. The molecule has 2 aromatic rings. The van der Waals surface area contributed by atoms with Crippen LogP contribution in [0.4, 0.5) is 5.00 Å². The molecule has 1 aromatic heterocycles. The van der Waals surface area contributed by atoms with Crippen molar-refractivity contribution in [3.8, 4) is 0 Å². The standard InChI is InChI=1S/C22H27NO3S/c1-4-26-22(25)20-17-8-6-5-7-9-18(17)27-21(20)23-19(24)13-16-11-10-14(2)15(3)12-16/h10-12H,4-9,13H2,1-3H3,(H,23,24). The average Bonchev–Trinajstić information content (AvgIpc) is 2.79. The number of anilines is 1. The molecule has 1 N–H and O–H groups in total. The molecule has 0 bridgehead atoms. The van der Waals surface area contributed by atoms with Crippen molar-refractivity contribution in [1.29, 1.82) is 0 Å². The molecule has 0 atom stereocenters. The number of aryl methyl sites for hydroxylation is 3. The maximum atomic E-state index is 12.6. The Bertz CT molecular complexity index is 853. The predicted octanol–water partition coefficient (Wildman–Crippen LogP) is 4.99. The Kier molecular flexibility index (Phi) is 6.32. The summed E-state index contributed by atoms with van der Waals surface area (Å²) in [5.41, 5.74) is 5.03. The van der Waals surface area contributed by atoms with E-state index in [0.29, 0.717) is 23.6 Å². The topological polar surface area (TPSA) is 55.4 Å². The number of benzene rings is 1. The summed E-state index contributed by atoms with van der Waals surface area (Å²) < 4.78 is 5.28. The van der Waals surface area contributed by atoms with Gasteiger partial charge in [-0.1, -0.05) is 24.6 Å². The number of amides is 1. The molecular formula is C22H27NO3S. The number of thiophene rings is 1. The predicted molar refractivity (Wildman–Crippen MR) is 110 cm³/mol. The van der Waals surface area contributed by atoms with Crippen molar-refractivity contribution in [2.45, 2.75) is 59.3 Å². The summed E-state index contributed by atoms with van der Waals surface area (Å²) in [6.45, 7) is 6.25. The molecule has 4 nitrogen and oxygen atoms in total. The largest absolute Gasteiger partial charge is 0.462 e. The van der Waals surface area contributed by atoms with Gasteiger partial charge in [0.2, 0.25) is 5.91 Å². The summed E-state index contributed by atoms with van der Waals surface area (Å²) in [6, 6.07) is 6.07. The van der Waals surface area contributed by atoms with E-state index in [1.54, 1.807) is 18.3 Å². The van der Waals surface area contributed by atoms with E-state index in [1.807, 2.05) is 25.1 Å². The fourth-order valence-electron chi connectivity index (χ4n) is 3.52. The zero-order valence-corrected chi connectivity index (χ0v) is 17.1. The lowest BCUT2D eigenvalue weighted by Gasteiger charge is -2.09. The summed E-state index contributed by atoms with van der Waals surface area (Å²) in [4.78, 5) is 26.4. The molecule has 1 aliphatic carbocycles. The molecule has 1 aromatic carbocycles. The number of rotatable bonds is 5. The van der Waals surface area contributed by atoms with Crippen LogP contribution < -0.4 is 5.32 Å². The van der Waals surface area contributed by atoms with Crippen LogP contribution in [0.2, 0.25) is 0 Å². The monoisotopic (exact) mass is 385 g/mol. The van der Waals surface area contributed by atoms with Gasteiger partial charge in [0.1, 0.15) is 5.00 Å². The zero-order valence-electron chi connectivity index (χ0n) is 16.3. The molecule has 0 saturated heterocycles. The van der Waals surface area contributed by atoms with Gasteiger partial charge in [-0.25, -0.2) is 4.79 Å². The molecule has 3 rings (SSSR count). The van der Waals surface area contributed by atoms with Crippen LogP contribution in [0.25, 0.3) is 0 Å². The highest BCUT2D eigenvalue weighted by Crippen LogP contribution is 2.38. The van der Waals surface area contributed by atoms with E-state index in [0.717, 1.165) is 36.8 Å². The highest BCUT2D eigenvalue weighted by molar-refractivity contribution is 7.17. The first kappa shape index (κ1) is 19.6. The third-order valence-electron chi connectivity index (χ3n) is 5.09. The van der Waals surface area contributed by atoms with Gasteiger partial charge < -0.3 is 10.1 Å². The van der Waals surface area contributed by atoms with Crippen LogP contribution in [0.1, 0.15) is 63.7 Å². The normalized spacial score (nSPS) is 13.6. The van der Waals surface area contributed by atoms with E-state index in [9.17, 15) is 9.59 Å². The molecule has 0 fully saturated rings. The molecule has 1 heterocycles. The highest BCUT2D eigenvalue weighted by Gasteiger charge is 2.26. The molecule has 0 spiro atoms. The minimum Gasteiger partial charge on any atom is -0.462 e. The molecule has 0 radical (unpaired) electrons. The molecule has 144 valence electrons. The fourth-order valence-corrected chi connectivity index (χ4v) is 4.81. The third-order valence-corrected chi connectivity index (χ3v) is 6.30. The molecule has 1 aliphatic rings. The SMILES string of the molecule is CCOC(=O)c1c(NC(=O)Cc2ccc(C)c(C)c2)sc2c1CCCCC2. The van der Waals surface area contributed by atoms with E-state index in [2.05, 4.69) is 12.2 Å². The Morgan fingerprint density at radius 2 is 1.89 bits per heavy atom.